The van der Waals surface area contributed by atoms with E-state index in [4.69, 9.17) is 4.74 Å². The maximum Gasteiger partial charge on any atom is 0.128 e. The molecule has 0 spiro atoms. The summed E-state index contributed by atoms with van der Waals surface area (Å²) in [7, 11) is 0. The number of hydrogen-bond acceptors (Lipinski definition) is 3. The Morgan fingerprint density at radius 2 is 0.886 bits per heavy atom. The second-order valence-electron chi connectivity index (χ2n) is 10.8. The van der Waals surface area contributed by atoms with Crippen molar-refractivity contribution in [3.8, 4) is 11.5 Å². The predicted molar refractivity (Wildman–Crippen MR) is 151 cm³/mol. The van der Waals surface area contributed by atoms with Crippen LogP contribution in [0.5, 0.6) is 11.5 Å². The molecule has 0 saturated carbocycles. The molecule has 35 heavy (non-hydrogen) atoms. The summed E-state index contributed by atoms with van der Waals surface area (Å²) in [4.78, 5) is 4.83. The van der Waals surface area contributed by atoms with Gasteiger partial charge in [-0.25, -0.2) is 0 Å². The summed E-state index contributed by atoms with van der Waals surface area (Å²) in [6.07, 6.45) is 0. The first kappa shape index (κ1) is 25.5. The molecule has 3 heteroatoms. The first-order valence-corrected chi connectivity index (χ1v) is 13.6. The summed E-state index contributed by atoms with van der Waals surface area (Å²) in [6.45, 7) is 13.5. The molecule has 4 rings (SSSR count). The third-order valence-electron chi connectivity index (χ3n) is 5.78. The van der Waals surface area contributed by atoms with Crippen LogP contribution in [0.15, 0.2) is 117 Å². The standard InChI is InChI=1S/C32H34OS2/c1-31(2,3)23-10-16-27(17-11-23)34-29-20-14-25(15-21-29)33-26-8-7-9-30(22-26)35-28-18-12-24(13-19-28)32(4,5)6/h7-22H,1-6H3. The Morgan fingerprint density at radius 3 is 1.34 bits per heavy atom. The fraction of sp³-hybridized carbons (Fsp3) is 0.250. The zero-order chi connectivity index (χ0) is 25.1. The van der Waals surface area contributed by atoms with Gasteiger partial charge in [-0.3, -0.25) is 0 Å². The lowest BCUT2D eigenvalue weighted by molar-refractivity contribution is 0.481. The monoisotopic (exact) mass is 498 g/mol. The Hall–Kier alpha value is -2.62. The van der Waals surface area contributed by atoms with E-state index in [-0.39, 0.29) is 10.8 Å². The number of benzene rings is 4. The van der Waals surface area contributed by atoms with Gasteiger partial charge in [0.2, 0.25) is 0 Å². The lowest BCUT2D eigenvalue weighted by atomic mass is 9.87. The molecule has 4 aromatic carbocycles. The highest BCUT2D eigenvalue weighted by Gasteiger charge is 2.14. The molecule has 0 aliphatic carbocycles. The summed E-state index contributed by atoms with van der Waals surface area (Å²) in [5.74, 6) is 1.69. The highest BCUT2D eigenvalue weighted by Crippen LogP contribution is 2.35. The molecule has 0 radical (unpaired) electrons. The van der Waals surface area contributed by atoms with Gasteiger partial charge in [0, 0.05) is 19.6 Å². The van der Waals surface area contributed by atoms with E-state index in [0.29, 0.717) is 0 Å². The van der Waals surface area contributed by atoms with Crippen molar-refractivity contribution in [3.63, 3.8) is 0 Å². The molecule has 4 aromatic rings. The molecule has 180 valence electrons. The second kappa shape index (κ2) is 10.6. The SMILES string of the molecule is CC(C)(C)c1ccc(Sc2ccc(Oc3cccc(Sc4ccc(C(C)(C)C)cc4)c3)cc2)cc1. The first-order valence-electron chi connectivity index (χ1n) is 12.0. The van der Waals surface area contributed by atoms with E-state index in [9.17, 15) is 0 Å². The topological polar surface area (TPSA) is 9.23 Å². The summed E-state index contributed by atoms with van der Waals surface area (Å²) in [6, 6.07) is 34.3. The van der Waals surface area contributed by atoms with Crippen LogP contribution in [0.4, 0.5) is 0 Å². The molecule has 0 amide bonds. The van der Waals surface area contributed by atoms with Gasteiger partial charge < -0.3 is 4.74 Å². The minimum atomic E-state index is 0.169. The molecule has 0 fully saturated rings. The molecule has 0 bridgehead atoms. The van der Waals surface area contributed by atoms with Crippen molar-refractivity contribution in [2.45, 2.75) is 72.0 Å². The average Bonchev–Trinajstić information content (AvgIpc) is 2.80. The predicted octanol–water partition coefficient (Wildman–Crippen LogP) is 10.4. The van der Waals surface area contributed by atoms with Gasteiger partial charge in [-0.05, 0) is 88.7 Å². The van der Waals surface area contributed by atoms with Crippen molar-refractivity contribution in [2.24, 2.45) is 0 Å². The third kappa shape index (κ3) is 7.19. The Morgan fingerprint density at radius 1 is 0.457 bits per heavy atom. The maximum absolute atomic E-state index is 6.16. The van der Waals surface area contributed by atoms with Crippen molar-refractivity contribution >= 4 is 23.5 Å². The van der Waals surface area contributed by atoms with E-state index in [1.807, 2.05) is 24.3 Å². The summed E-state index contributed by atoms with van der Waals surface area (Å²) < 4.78 is 6.16. The summed E-state index contributed by atoms with van der Waals surface area (Å²) >= 11 is 3.52. The van der Waals surface area contributed by atoms with Crippen LogP contribution in [0, 0.1) is 0 Å². The van der Waals surface area contributed by atoms with Gasteiger partial charge in [0.1, 0.15) is 11.5 Å². The zero-order valence-corrected chi connectivity index (χ0v) is 23.1. The van der Waals surface area contributed by atoms with Gasteiger partial charge in [0.05, 0.1) is 0 Å². The first-order chi connectivity index (χ1) is 16.6. The van der Waals surface area contributed by atoms with Crippen molar-refractivity contribution < 1.29 is 4.74 Å². The Kier molecular flexibility index (Phi) is 7.68. The van der Waals surface area contributed by atoms with Crippen LogP contribution in [0.3, 0.4) is 0 Å². The Balaban J connectivity index is 1.38. The molecule has 0 atom stereocenters. The molecule has 0 aliphatic heterocycles. The summed E-state index contributed by atoms with van der Waals surface area (Å²) in [5, 5.41) is 0. The van der Waals surface area contributed by atoms with Gasteiger partial charge in [-0.2, -0.15) is 0 Å². The molecule has 0 aliphatic rings. The van der Waals surface area contributed by atoms with E-state index in [1.165, 1.54) is 25.8 Å². The molecular weight excluding hydrogens is 464 g/mol. The molecule has 0 unspecified atom stereocenters. The minimum absolute atomic E-state index is 0.169. The quantitative estimate of drug-likeness (QED) is 0.262. The van der Waals surface area contributed by atoms with Crippen molar-refractivity contribution in [3.05, 3.63) is 108 Å². The van der Waals surface area contributed by atoms with E-state index in [2.05, 4.69) is 114 Å². The molecule has 0 N–H and O–H groups in total. The fourth-order valence-electron chi connectivity index (χ4n) is 3.63. The normalized spacial score (nSPS) is 11.9. The van der Waals surface area contributed by atoms with Gasteiger partial charge >= 0.3 is 0 Å². The Bertz CT molecular complexity index is 1240. The van der Waals surface area contributed by atoms with E-state index in [1.54, 1.807) is 23.5 Å². The van der Waals surface area contributed by atoms with Crippen molar-refractivity contribution in [1.29, 1.82) is 0 Å². The molecule has 1 nitrogen and oxygen atoms in total. The van der Waals surface area contributed by atoms with Crippen molar-refractivity contribution in [2.75, 3.05) is 0 Å². The van der Waals surface area contributed by atoms with Crippen LogP contribution in [-0.2, 0) is 10.8 Å². The van der Waals surface area contributed by atoms with Crippen LogP contribution in [-0.4, -0.2) is 0 Å². The van der Waals surface area contributed by atoms with Crippen LogP contribution in [0.2, 0.25) is 0 Å². The van der Waals surface area contributed by atoms with E-state index in [0.717, 1.165) is 16.4 Å². The van der Waals surface area contributed by atoms with E-state index < -0.39 is 0 Å². The van der Waals surface area contributed by atoms with Gasteiger partial charge in [-0.1, -0.05) is 95.4 Å². The second-order valence-corrected chi connectivity index (χ2v) is 13.1. The zero-order valence-electron chi connectivity index (χ0n) is 21.5. The van der Waals surface area contributed by atoms with Gasteiger partial charge in [-0.15, -0.1) is 0 Å². The highest BCUT2D eigenvalue weighted by atomic mass is 32.2. The number of ether oxygens (including phenoxy) is 1. The average molecular weight is 499 g/mol. The van der Waals surface area contributed by atoms with Crippen molar-refractivity contribution in [1.82, 2.24) is 0 Å². The van der Waals surface area contributed by atoms with Crippen LogP contribution < -0.4 is 4.74 Å². The molecule has 0 heterocycles. The minimum Gasteiger partial charge on any atom is -0.457 e. The highest BCUT2D eigenvalue weighted by molar-refractivity contribution is 7.99. The molecule has 0 aromatic heterocycles. The largest absolute Gasteiger partial charge is 0.457 e. The maximum atomic E-state index is 6.16. The molecule has 0 saturated heterocycles. The fourth-order valence-corrected chi connectivity index (χ4v) is 5.31. The van der Waals surface area contributed by atoms with Gasteiger partial charge in [0.15, 0.2) is 0 Å². The van der Waals surface area contributed by atoms with Gasteiger partial charge in [0.25, 0.3) is 0 Å². The lowest BCUT2D eigenvalue weighted by Crippen LogP contribution is -2.10. The molecular formula is C32H34OS2. The third-order valence-corrected chi connectivity index (χ3v) is 7.79. The van der Waals surface area contributed by atoms with E-state index >= 15 is 0 Å². The number of hydrogen-bond donors (Lipinski definition) is 0. The van der Waals surface area contributed by atoms with Crippen LogP contribution >= 0.6 is 23.5 Å². The summed E-state index contributed by atoms with van der Waals surface area (Å²) in [5.41, 5.74) is 3.05. The van der Waals surface area contributed by atoms with Crippen LogP contribution in [0.1, 0.15) is 52.7 Å². The lowest BCUT2D eigenvalue weighted by Gasteiger charge is -2.19. The number of rotatable bonds is 6. The smallest absolute Gasteiger partial charge is 0.128 e. The van der Waals surface area contributed by atoms with Crippen LogP contribution in [0.25, 0.3) is 0 Å². The Labute approximate surface area is 219 Å².